The quantitative estimate of drug-likeness (QED) is 0.0351. The highest BCUT2D eigenvalue weighted by molar-refractivity contribution is 5.72. The van der Waals surface area contributed by atoms with E-state index in [0.717, 1.165) is 57.8 Å². The lowest BCUT2D eigenvalue weighted by Gasteiger charge is -2.31. The molecule has 0 spiro atoms. The molecule has 0 saturated heterocycles. The van der Waals surface area contributed by atoms with Crippen LogP contribution in [0.4, 0.5) is 0 Å². The summed E-state index contributed by atoms with van der Waals surface area (Å²) in [5.74, 6) is -1.49. The molecule has 8 nitrogen and oxygen atoms in total. The molecule has 45 heavy (non-hydrogen) atoms. The number of carboxylic acids is 1. The average Bonchev–Trinajstić information content (AvgIpc) is 2.98. The van der Waals surface area contributed by atoms with Crippen LogP contribution in [-0.2, 0) is 28.6 Å². The van der Waals surface area contributed by atoms with Crippen LogP contribution in [0.3, 0.4) is 0 Å². The summed E-state index contributed by atoms with van der Waals surface area (Å²) in [6.07, 6.45) is 28.0. The summed E-state index contributed by atoms with van der Waals surface area (Å²) in [6.45, 7) is 4.56. The Hall–Kier alpha value is -2.19. The summed E-state index contributed by atoms with van der Waals surface area (Å²) in [5, 5.41) is 9.54. The van der Waals surface area contributed by atoms with Crippen molar-refractivity contribution in [2.24, 2.45) is 0 Å². The SMILES string of the molecule is CC/C=C/C/C=C/CCCCCCCCCC(=O)OCC(COCCC(C(=O)O)[N+](C)(C)C)OC(=O)CCCCCCCCC. The molecule has 0 fully saturated rings. The Morgan fingerprint density at radius 1 is 0.689 bits per heavy atom. The van der Waals surface area contributed by atoms with Crippen molar-refractivity contribution >= 4 is 17.9 Å². The van der Waals surface area contributed by atoms with Crippen molar-refractivity contribution in [1.29, 1.82) is 0 Å². The third-order valence-corrected chi connectivity index (χ3v) is 7.87. The third-order valence-electron chi connectivity index (χ3n) is 7.87. The van der Waals surface area contributed by atoms with Crippen LogP contribution in [0.2, 0.25) is 0 Å². The Morgan fingerprint density at radius 3 is 1.82 bits per heavy atom. The van der Waals surface area contributed by atoms with Crippen molar-refractivity contribution in [3.05, 3.63) is 24.3 Å². The Labute approximate surface area is 275 Å². The molecule has 0 aliphatic carbocycles. The number of carboxylic acid groups (broad SMARTS) is 1. The lowest BCUT2D eigenvalue weighted by Crippen LogP contribution is -2.50. The number of aliphatic carboxylic acids is 1. The molecule has 1 N–H and O–H groups in total. The zero-order chi connectivity index (χ0) is 33.6. The number of carbonyl (C=O) groups excluding carboxylic acids is 2. The minimum Gasteiger partial charge on any atom is -0.477 e. The maximum atomic E-state index is 12.5. The van der Waals surface area contributed by atoms with E-state index in [1.807, 2.05) is 21.1 Å². The molecule has 0 rings (SSSR count). The molecule has 262 valence electrons. The van der Waals surface area contributed by atoms with Crippen LogP contribution in [0, 0.1) is 0 Å². The lowest BCUT2D eigenvalue weighted by atomic mass is 10.1. The monoisotopic (exact) mass is 638 g/mol. The summed E-state index contributed by atoms with van der Waals surface area (Å²) < 4.78 is 17.1. The minimum absolute atomic E-state index is 0.0530. The van der Waals surface area contributed by atoms with Crippen molar-refractivity contribution in [2.75, 3.05) is 41.0 Å². The van der Waals surface area contributed by atoms with Gasteiger partial charge in [-0.25, -0.2) is 4.79 Å². The van der Waals surface area contributed by atoms with Crippen LogP contribution >= 0.6 is 0 Å². The minimum atomic E-state index is -0.878. The summed E-state index contributed by atoms with van der Waals surface area (Å²) in [6, 6.07) is -0.610. The molecule has 0 aliphatic heterocycles. The molecule has 0 bridgehead atoms. The molecule has 0 aromatic carbocycles. The van der Waals surface area contributed by atoms with E-state index in [1.54, 1.807) is 0 Å². The van der Waals surface area contributed by atoms with E-state index >= 15 is 0 Å². The fraction of sp³-hybridized carbons (Fsp3) is 0.811. The van der Waals surface area contributed by atoms with Gasteiger partial charge in [0.25, 0.3) is 0 Å². The van der Waals surface area contributed by atoms with Gasteiger partial charge in [-0.1, -0.05) is 109 Å². The number of likely N-dealkylation sites (N-methyl/N-ethyl adjacent to an activating group) is 1. The Kier molecular flexibility index (Phi) is 27.8. The number of ether oxygens (including phenoxy) is 3. The van der Waals surface area contributed by atoms with Crippen molar-refractivity contribution in [3.8, 4) is 0 Å². The Morgan fingerprint density at radius 2 is 1.24 bits per heavy atom. The smallest absolute Gasteiger partial charge is 0.362 e. The zero-order valence-corrected chi connectivity index (χ0v) is 29.6. The predicted octanol–water partition coefficient (Wildman–Crippen LogP) is 8.57. The van der Waals surface area contributed by atoms with Crippen LogP contribution < -0.4 is 0 Å². The van der Waals surface area contributed by atoms with Crippen molar-refractivity contribution in [3.63, 3.8) is 0 Å². The van der Waals surface area contributed by atoms with Crippen LogP contribution in [0.1, 0.15) is 142 Å². The number of nitrogens with zero attached hydrogens (tertiary/aromatic N) is 1. The topological polar surface area (TPSA) is 99.1 Å². The second kappa shape index (κ2) is 29.2. The van der Waals surface area contributed by atoms with Gasteiger partial charge in [-0.05, 0) is 38.5 Å². The number of unbranched alkanes of at least 4 members (excludes halogenated alkanes) is 13. The molecular weight excluding hydrogens is 570 g/mol. The molecule has 0 aromatic rings. The maximum absolute atomic E-state index is 12.5. The predicted molar refractivity (Wildman–Crippen MR) is 183 cm³/mol. The standard InChI is InChI=1S/C37H67NO7/c1-6-8-10-12-14-15-16-17-18-19-20-22-23-25-27-35(39)44-32-33(31-43-30-29-34(37(41)42)38(3,4)5)45-36(40)28-26-24-21-13-11-9-7-2/h8,10,14-15,33-34H,6-7,9,11-13,16-32H2,1-5H3/p+1/b10-8+,15-14+. The third kappa shape index (κ3) is 27.8. The van der Waals surface area contributed by atoms with Gasteiger partial charge in [0.05, 0.1) is 34.4 Å². The van der Waals surface area contributed by atoms with Gasteiger partial charge < -0.3 is 23.8 Å². The van der Waals surface area contributed by atoms with Crippen LogP contribution in [0.15, 0.2) is 24.3 Å². The van der Waals surface area contributed by atoms with E-state index in [0.29, 0.717) is 19.3 Å². The number of hydrogen-bond donors (Lipinski definition) is 1. The number of carbonyl (C=O) groups is 3. The van der Waals surface area contributed by atoms with Crippen molar-refractivity contribution in [2.45, 2.75) is 154 Å². The van der Waals surface area contributed by atoms with E-state index < -0.39 is 18.1 Å². The summed E-state index contributed by atoms with van der Waals surface area (Å²) >= 11 is 0. The number of rotatable bonds is 31. The number of hydrogen-bond acceptors (Lipinski definition) is 6. The van der Waals surface area contributed by atoms with Crippen LogP contribution in [0.5, 0.6) is 0 Å². The maximum Gasteiger partial charge on any atom is 0.362 e. The van der Waals surface area contributed by atoms with Gasteiger partial charge in [-0.3, -0.25) is 9.59 Å². The van der Waals surface area contributed by atoms with Crippen molar-refractivity contribution in [1.82, 2.24) is 0 Å². The van der Waals surface area contributed by atoms with Crippen LogP contribution in [-0.4, -0.2) is 80.6 Å². The highest BCUT2D eigenvalue weighted by Crippen LogP contribution is 2.13. The van der Waals surface area contributed by atoms with Gasteiger partial charge in [0, 0.05) is 19.3 Å². The van der Waals surface area contributed by atoms with E-state index in [1.165, 1.54) is 51.4 Å². The lowest BCUT2D eigenvalue weighted by molar-refractivity contribution is -0.887. The summed E-state index contributed by atoms with van der Waals surface area (Å²) in [5.41, 5.74) is 0. The number of allylic oxidation sites excluding steroid dienone is 4. The molecule has 8 heteroatoms. The molecule has 0 radical (unpaired) electrons. The first-order valence-electron chi connectivity index (χ1n) is 17.9. The molecule has 0 aliphatic rings. The van der Waals surface area contributed by atoms with E-state index in [2.05, 4.69) is 38.2 Å². The van der Waals surface area contributed by atoms with Gasteiger partial charge in [0.2, 0.25) is 0 Å². The summed E-state index contributed by atoms with van der Waals surface area (Å²) in [7, 11) is 5.50. The summed E-state index contributed by atoms with van der Waals surface area (Å²) in [4.78, 5) is 36.5. The molecular formula is C37H68NO7+. The van der Waals surface area contributed by atoms with Gasteiger partial charge in [0.1, 0.15) is 6.61 Å². The van der Waals surface area contributed by atoms with Gasteiger partial charge in [0.15, 0.2) is 12.1 Å². The molecule has 0 heterocycles. The first kappa shape index (κ1) is 42.8. The second-order valence-electron chi connectivity index (χ2n) is 13.1. The molecule has 2 atom stereocenters. The van der Waals surface area contributed by atoms with Gasteiger partial charge >= 0.3 is 17.9 Å². The zero-order valence-electron chi connectivity index (χ0n) is 29.6. The number of esters is 2. The van der Waals surface area contributed by atoms with E-state index in [4.69, 9.17) is 14.2 Å². The van der Waals surface area contributed by atoms with Gasteiger partial charge in [-0.15, -0.1) is 0 Å². The molecule has 0 amide bonds. The van der Waals surface area contributed by atoms with E-state index in [-0.39, 0.29) is 36.2 Å². The van der Waals surface area contributed by atoms with Crippen LogP contribution in [0.25, 0.3) is 0 Å². The first-order chi connectivity index (χ1) is 21.6. The first-order valence-corrected chi connectivity index (χ1v) is 17.9. The Balaban J connectivity index is 4.38. The Bertz CT molecular complexity index is 803. The molecule has 2 unspecified atom stereocenters. The largest absolute Gasteiger partial charge is 0.477 e. The molecule has 0 aromatic heterocycles. The fourth-order valence-corrected chi connectivity index (χ4v) is 5.07. The highest BCUT2D eigenvalue weighted by Gasteiger charge is 2.31. The fourth-order valence-electron chi connectivity index (χ4n) is 5.07. The highest BCUT2D eigenvalue weighted by atomic mass is 16.6. The second-order valence-corrected chi connectivity index (χ2v) is 13.1. The normalized spacial score (nSPS) is 13.4. The van der Waals surface area contributed by atoms with E-state index in [9.17, 15) is 19.5 Å². The van der Waals surface area contributed by atoms with Crippen molar-refractivity contribution < 1.29 is 38.2 Å². The number of quaternary nitrogens is 1. The average molecular weight is 639 g/mol. The molecule has 0 saturated carbocycles. The van der Waals surface area contributed by atoms with Gasteiger partial charge in [-0.2, -0.15) is 0 Å².